The van der Waals surface area contributed by atoms with Gasteiger partial charge in [-0.25, -0.2) is 0 Å². The van der Waals surface area contributed by atoms with Gasteiger partial charge in [0.1, 0.15) is 5.75 Å². The third-order valence-electron chi connectivity index (χ3n) is 6.06. The first-order chi connectivity index (χ1) is 16.7. The van der Waals surface area contributed by atoms with Crippen LogP contribution in [0.2, 0.25) is 5.02 Å². The summed E-state index contributed by atoms with van der Waals surface area (Å²) in [6.45, 7) is 5.57. The number of hydrazone groups is 1. The van der Waals surface area contributed by atoms with E-state index < -0.39 is 0 Å². The Morgan fingerprint density at radius 1 is 1.00 bits per heavy atom. The molecule has 1 N–H and O–H groups in total. The molecule has 3 aromatic rings. The molecule has 0 aliphatic carbocycles. The molecule has 3 aromatic carbocycles. The van der Waals surface area contributed by atoms with E-state index >= 15 is 0 Å². The highest BCUT2D eigenvalue weighted by Crippen LogP contribution is 2.29. The lowest BCUT2D eigenvalue weighted by Crippen LogP contribution is -2.20. The van der Waals surface area contributed by atoms with Gasteiger partial charge in [0.2, 0.25) is 0 Å². The molecule has 176 valence electrons. The van der Waals surface area contributed by atoms with E-state index in [0.29, 0.717) is 18.2 Å². The molecular formula is C29H32ClN3O. The van der Waals surface area contributed by atoms with Gasteiger partial charge in [-0.05, 0) is 61.2 Å². The standard InChI is InChI=1S/C29H32ClN3O/c1-3-5-7-12-23-19-25(34-4-2)17-18-27(23)32-33-29-26(21-10-8-6-9-11-21)20-31-28(29)22-13-15-24(30)16-14-22/h6,8-11,13-19,26,32H,3-5,7,12,20H2,1-2H3. The molecule has 0 aromatic heterocycles. The first kappa shape index (κ1) is 24.0. The summed E-state index contributed by atoms with van der Waals surface area (Å²) >= 11 is 6.13. The van der Waals surface area contributed by atoms with Crippen molar-refractivity contribution in [3.63, 3.8) is 0 Å². The van der Waals surface area contributed by atoms with Crippen molar-refractivity contribution in [2.75, 3.05) is 18.6 Å². The molecule has 4 nitrogen and oxygen atoms in total. The molecule has 0 radical (unpaired) electrons. The van der Waals surface area contributed by atoms with E-state index in [1.54, 1.807) is 0 Å². The molecule has 0 spiro atoms. The van der Waals surface area contributed by atoms with Gasteiger partial charge < -0.3 is 4.74 Å². The molecule has 0 saturated heterocycles. The fourth-order valence-electron chi connectivity index (χ4n) is 4.27. The Kier molecular flexibility index (Phi) is 8.37. The Bertz CT molecular complexity index is 1140. The van der Waals surface area contributed by atoms with E-state index in [0.717, 1.165) is 41.3 Å². The zero-order valence-electron chi connectivity index (χ0n) is 19.9. The van der Waals surface area contributed by atoms with Gasteiger partial charge in [0.05, 0.1) is 30.3 Å². The summed E-state index contributed by atoms with van der Waals surface area (Å²) in [6, 6.07) is 24.5. The second kappa shape index (κ2) is 11.8. The number of benzene rings is 3. The van der Waals surface area contributed by atoms with E-state index in [9.17, 15) is 0 Å². The zero-order chi connectivity index (χ0) is 23.8. The van der Waals surface area contributed by atoms with Gasteiger partial charge in [-0.2, -0.15) is 5.10 Å². The van der Waals surface area contributed by atoms with E-state index in [4.69, 9.17) is 26.4 Å². The van der Waals surface area contributed by atoms with Crippen molar-refractivity contribution in [2.45, 2.75) is 45.4 Å². The van der Waals surface area contributed by atoms with Gasteiger partial charge in [0.15, 0.2) is 0 Å². The first-order valence-electron chi connectivity index (χ1n) is 12.1. The van der Waals surface area contributed by atoms with Gasteiger partial charge in [-0.1, -0.05) is 73.8 Å². The average Bonchev–Trinajstić information content (AvgIpc) is 3.29. The van der Waals surface area contributed by atoms with Crippen LogP contribution in [-0.4, -0.2) is 24.6 Å². The number of unbranched alkanes of at least 4 members (excludes halogenated alkanes) is 2. The summed E-state index contributed by atoms with van der Waals surface area (Å²) < 4.78 is 5.75. The predicted octanol–water partition coefficient (Wildman–Crippen LogP) is 7.53. The summed E-state index contributed by atoms with van der Waals surface area (Å²) in [5, 5.41) is 5.67. The van der Waals surface area contributed by atoms with Gasteiger partial charge in [0, 0.05) is 16.5 Å². The van der Waals surface area contributed by atoms with E-state index in [-0.39, 0.29) is 5.92 Å². The highest BCUT2D eigenvalue weighted by atomic mass is 35.5. The minimum atomic E-state index is 0.102. The average molecular weight is 474 g/mol. The lowest BCUT2D eigenvalue weighted by Gasteiger charge is -2.15. The Balaban J connectivity index is 1.66. The van der Waals surface area contributed by atoms with Crippen LogP contribution >= 0.6 is 11.6 Å². The number of aryl methyl sites for hydroxylation is 1. The maximum absolute atomic E-state index is 6.13. The smallest absolute Gasteiger partial charge is 0.119 e. The Morgan fingerprint density at radius 3 is 2.53 bits per heavy atom. The van der Waals surface area contributed by atoms with Crippen molar-refractivity contribution >= 4 is 28.7 Å². The van der Waals surface area contributed by atoms with Crippen LogP contribution in [0, 0.1) is 0 Å². The second-order valence-corrected chi connectivity index (χ2v) is 8.91. The maximum atomic E-state index is 6.13. The number of nitrogens with zero attached hydrogens (tertiary/aromatic N) is 2. The molecule has 34 heavy (non-hydrogen) atoms. The first-order valence-corrected chi connectivity index (χ1v) is 12.5. The van der Waals surface area contributed by atoms with Crippen molar-refractivity contribution < 1.29 is 4.74 Å². The third kappa shape index (κ3) is 5.87. The number of aliphatic imine (C=N–C) groups is 1. The number of rotatable bonds is 10. The Hall–Kier alpha value is -3.11. The minimum absolute atomic E-state index is 0.102. The van der Waals surface area contributed by atoms with Crippen LogP contribution in [0.5, 0.6) is 5.75 Å². The van der Waals surface area contributed by atoms with Crippen LogP contribution in [0.3, 0.4) is 0 Å². The third-order valence-corrected chi connectivity index (χ3v) is 6.31. The normalized spacial score (nSPS) is 16.5. The van der Waals surface area contributed by atoms with Crippen LogP contribution in [-0.2, 0) is 6.42 Å². The summed E-state index contributed by atoms with van der Waals surface area (Å²) in [7, 11) is 0. The van der Waals surface area contributed by atoms with Gasteiger partial charge in [0.25, 0.3) is 0 Å². The fraction of sp³-hybridized carbons (Fsp3) is 0.310. The van der Waals surface area contributed by atoms with Gasteiger partial charge in [-0.15, -0.1) is 0 Å². The number of hydrogen-bond acceptors (Lipinski definition) is 4. The van der Waals surface area contributed by atoms with E-state index in [2.05, 4.69) is 48.7 Å². The number of ether oxygens (including phenoxy) is 1. The lowest BCUT2D eigenvalue weighted by atomic mass is 9.92. The number of halogens is 1. The highest BCUT2D eigenvalue weighted by Gasteiger charge is 2.29. The van der Waals surface area contributed by atoms with Crippen molar-refractivity contribution in [1.82, 2.24) is 0 Å². The van der Waals surface area contributed by atoms with Crippen molar-refractivity contribution in [3.05, 3.63) is 94.5 Å². The zero-order valence-corrected chi connectivity index (χ0v) is 20.7. The fourth-order valence-corrected chi connectivity index (χ4v) is 4.40. The monoisotopic (exact) mass is 473 g/mol. The molecule has 4 rings (SSSR count). The second-order valence-electron chi connectivity index (χ2n) is 8.48. The number of hydrogen-bond donors (Lipinski definition) is 1. The summed E-state index contributed by atoms with van der Waals surface area (Å²) in [6.07, 6.45) is 4.52. The van der Waals surface area contributed by atoms with Gasteiger partial charge in [-0.3, -0.25) is 10.4 Å². The largest absolute Gasteiger partial charge is 0.494 e. The van der Waals surface area contributed by atoms with Crippen molar-refractivity contribution in [2.24, 2.45) is 10.1 Å². The molecule has 0 fully saturated rings. The summed E-state index contributed by atoms with van der Waals surface area (Å²) in [5.74, 6) is 1.00. The van der Waals surface area contributed by atoms with Crippen LogP contribution < -0.4 is 10.2 Å². The molecular weight excluding hydrogens is 442 g/mol. The molecule has 1 heterocycles. The highest BCUT2D eigenvalue weighted by molar-refractivity contribution is 6.51. The van der Waals surface area contributed by atoms with Crippen LogP contribution in [0.15, 0.2) is 82.9 Å². The van der Waals surface area contributed by atoms with E-state index in [1.165, 1.54) is 24.0 Å². The molecule has 0 bridgehead atoms. The lowest BCUT2D eigenvalue weighted by molar-refractivity contribution is 0.340. The molecule has 1 atom stereocenters. The quantitative estimate of drug-likeness (QED) is 0.244. The Morgan fingerprint density at radius 2 is 1.79 bits per heavy atom. The van der Waals surface area contributed by atoms with Crippen molar-refractivity contribution in [1.29, 1.82) is 0 Å². The summed E-state index contributed by atoms with van der Waals surface area (Å²) in [5.41, 5.74) is 9.73. The molecule has 1 unspecified atom stereocenters. The predicted molar refractivity (Wildman–Crippen MR) is 144 cm³/mol. The Labute approximate surface area is 207 Å². The van der Waals surface area contributed by atoms with Gasteiger partial charge >= 0.3 is 0 Å². The molecule has 5 heteroatoms. The molecule has 0 amide bonds. The van der Waals surface area contributed by atoms with E-state index in [1.807, 2.05) is 43.3 Å². The molecule has 0 saturated carbocycles. The topological polar surface area (TPSA) is 46.0 Å². The molecule has 1 aliphatic rings. The SMILES string of the molecule is CCCCCc1cc(OCC)ccc1NN=C1C(c2ccc(Cl)cc2)=NCC1c1ccccc1. The molecule has 1 aliphatic heterocycles. The summed E-state index contributed by atoms with van der Waals surface area (Å²) in [4.78, 5) is 4.89. The number of nitrogens with one attached hydrogen (secondary N) is 1. The van der Waals surface area contributed by atoms with Crippen LogP contribution in [0.25, 0.3) is 0 Å². The minimum Gasteiger partial charge on any atom is -0.494 e. The van der Waals surface area contributed by atoms with Crippen LogP contribution in [0.4, 0.5) is 5.69 Å². The van der Waals surface area contributed by atoms with Crippen molar-refractivity contribution in [3.8, 4) is 5.75 Å². The van der Waals surface area contributed by atoms with Crippen LogP contribution in [0.1, 0.15) is 55.7 Å². The number of anilines is 1. The maximum Gasteiger partial charge on any atom is 0.119 e.